The first kappa shape index (κ1) is 15.0. The van der Waals surface area contributed by atoms with Crippen molar-refractivity contribution in [2.24, 2.45) is 11.3 Å². The lowest BCUT2D eigenvalue weighted by atomic mass is 9.86. The van der Waals surface area contributed by atoms with Crippen LogP contribution in [0.5, 0.6) is 0 Å². The second-order valence-electron chi connectivity index (χ2n) is 6.18. The lowest BCUT2D eigenvalue weighted by molar-refractivity contribution is 0.160. The van der Waals surface area contributed by atoms with Crippen LogP contribution in [-0.2, 0) is 0 Å². The predicted molar refractivity (Wildman–Crippen MR) is 76.4 cm³/mol. The van der Waals surface area contributed by atoms with Crippen LogP contribution in [0, 0.1) is 11.3 Å². The van der Waals surface area contributed by atoms with E-state index in [1.807, 2.05) is 0 Å². The summed E-state index contributed by atoms with van der Waals surface area (Å²) < 4.78 is 0. The predicted octanol–water partition coefficient (Wildman–Crippen LogP) is 3.13. The Hall–Kier alpha value is -0.0800. The maximum absolute atomic E-state index is 3.36. The van der Waals surface area contributed by atoms with Gasteiger partial charge in [-0.1, -0.05) is 27.2 Å². The first-order valence-corrected chi connectivity index (χ1v) is 7.50. The molecule has 0 amide bonds. The number of rotatable bonds is 6. The number of hydrogen-bond acceptors (Lipinski definition) is 2. The number of likely N-dealkylation sites (tertiary alicyclic amines) is 1. The van der Waals surface area contributed by atoms with Gasteiger partial charge < -0.3 is 10.2 Å². The first-order chi connectivity index (χ1) is 8.13. The minimum absolute atomic E-state index is 0.445. The van der Waals surface area contributed by atoms with Crippen molar-refractivity contribution in [3.63, 3.8) is 0 Å². The third-order valence-electron chi connectivity index (χ3n) is 4.58. The maximum atomic E-state index is 3.36. The van der Waals surface area contributed by atoms with Crippen LogP contribution in [0.2, 0.25) is 0 Å². The van der Waals surface area contributed by atoms with Crippen LogP contribution in [-0.4, -0.2) is 38.1 Å². The molecule has 2 nitrogen and oxygen atoms in total. The van der Waals surface area contributed by atoms with Gasteiger partial charge >= 0.3 is 0 Å². The standard InChI is InChI=1S/C15H32N2/c1-5-14-8-7-10-17(11-9-14)13-15(3,6-2)12-16-4/h14,16H,5-13H2,1-4H3. The number of hydrogen-bond donors (Lipinski definition) is 1. The summed E-state index contributed by atoms with van der Waals surface area (Å²) in [6, 6.07) is 0. The third-order valence-corrected chi connectivity index (χ3v) is 4.58. The molecule has 0 bridgehead atoms. The van der Waals surface area contributed by atoms with Crippen LogP contribution >= 0.6 is 0 Å². The number of nitrogens with one attached hydrogen (secondary N) is 1. The van der Waals surface area contributed by atoms with Crippen LogP contribution in [0.15, 0.2) is 0 Å². The van der Waals surface area contributed by atoms with Gasteiger partial charge in [-0.15, -0.1) is 0 Å². The van der Waals surface area contributed by atoms with Gasteiger partial charge in [0.2, 0.25) is 0 Å². The molecule has 0 aromatic heterocycles. The van der Waals surface area contributed by atoms with Gasteiger partial charge in [-0.2, -0.15) is 0 Å². The fraction of sp³-hybridized carbons (Fsp3) is 1.00. The average molecular weight is 240 g/mol. The monoisotopic (exact) mass is 240 g/mol. The van der Waals surface area contributed by atoms with Gasteiger partial charge in [-0.25, -0.2) is 0 Å². The molecule has 1 rings (SSSR count). The zero-order valence-corrected chi connectivity index (χ0v) is 12.4. The van der Waals surface area contributed by atoms with E-state index in [2.05, 4.69) is 38.0 Å². The fourth-order valence-electron chi connectivity index (χ4n) is 3.05. The Balaban J connectivity index is 2.44. The van der Waals surface area contributed by atoms with Gasteiger partial charge in [0.05, 0.1) is 0 Å². The third kappa shape index (κ3) is 4.97. The summed E-state index contributed by atoms with van der Waals surface area (Å²) in [6.45, 7) is 12.1. The molecule has 0 aromatic carbocycles. The summed E-state index contributed by atoms with van der Waals surface area (Å²) in [7, 11) is 2.07. The SMILES string of the molecule is CCC1CCCN(CC(C)(CC)CNC)CC1. The highest BCUT2D eigenvalue weighted by Gasteiger charge is 2.26. The molecular formula is C15H32N2. The molecule has 0 radical (unpaired) electrons. The fourth-order valence-corrected chi connectivity index (χ4v) is 3.05. The average Bonchev–Trinajstić information content (AvgIpc) is 2.54. The molecule has 2 atom stereocenters. The van der Waals surface area contributed by atoms with Crippen molar-refractivity contribution in [3.05, 3.63) is 0 Å². The van der Waals surface area contributed by atoms with E-state index < -0.39 is 0 Å². The van der Waals surface area contributed by atoms with Crippen molar-refractivity contribution in [1.29, 1.82) is 0 Å². The Kier molecular flexibility index (Phi) is 6.50. The molecule has 1 aliphatic heterocycles. The molecule has 1 saturated heterocycles. The zero-order chi connectivity index (χ0) is 12.7. The molecule has 1 fully saturated rings. The molecule has 2 heteroatoms. The summed E-state index contributed by atoms with van der Waals surface area (Å²) in [6.07, 6.45) is 6.90. The summed E-state index contributed by atoms with van der Waals surface area (Å²) in [5.74, 6) is 0.984. The van der Waals surface area contributed by atoms with E-state index in [0.717, 1.165) is 12.5 Å². The van der Waals surface area contributed by atoms with Gasteiger partial charge in [-0.3, -0.25) is 0 Å². The zero-order valence-electron chi connectivity index (χ0n) is 12.4. The minimum Gasteiger partial charge on any atom is -0.319 e. The van der Waals surface area contributed by atoms with Crippen LogP contribution < -0.4 is 5.32 Å². The van der Waals surface area contributed by atoms with Crippen molar-refractivity contribution in [3.8, 4) is 0 Å². The molecule has 17 heavy (non-hydrogen) atoms. The van der Waals surface area contributed by atoms with Crippen LogP contribution in [0.1, 0.15) is 52.9 Å². The second-order valence-corrected chi connectivity index (χ2v) is 6.18. The Labute approximate surface area is 108 Å². The Bertz CT molecular complexity index is 205. The van der Waals surface area contributed by atoms with E-state index in [1.165, 1.54) is 51.7 Å². The molecule has 0 aromatic rings. The van der Waals surface area contributed by atoms with Gasteiger partial charge in [0.25, 0.3) is 0 Å². The lowest BCUT2D eigenvalue weighted by Gasteiger charge is -2.34. The normalized spacial score (nSPS) is 26.5. The molecule has 0 spiro atoms. The van der Waals surface area contributed by atoms with Gasteiger partial charge in [0, 0.05) is 13.1 Å². The largest absolute Gasteiger partial charge is 0.319 e. The van der Waals surface area contributed by atoms with Crippen molar-refractivity contribution in [1.82, 2.24) is 10.2 Å². The highest BCUT2D eigenvalue weighted by Crippen LogP contribution is 2.25. The highest BCUT2D eigenvalue weighted by atomic mass is 15.1. The molecule has 1 aliphatic rings. The quantitative estimate of drug-likeness (QED) is 0.767. The minimum atomic E-state index is 0.445. The van der Waals surface area contributed by atoms with Gasteiger partial charge in [0.1, 0.15) is 0 Å². The van der Waals surface area contributed by atoms with Crippen molar-refractivity contribution in [2.75, 3.05) is 33.2 Å². The molecule has 0 saturated carbocycles. The van der Waals surface area contributed by atoms with Crippen LogP contribution in [0.4, 0.5) is 0 Å². The maximum Gasteiger partial charge on any atom is 0.00474 e. The summed E-state index contributed by atoms with van der Waals surface area (Å²) in [5.41, 5.74) is 0.445. The van der Waals surface area contributed by atoms with Gasteiger partial charge in [0.15, 0.2) is 0 Å². The number of nitrogens with zero attached hydrogens (tertiary/aromatic N) is 1. The highest BCUT2D eigenvalue weighted by molar-refractivity contribution is 4.81. The van der Waals surface area contributed by atoms with Crippen molar-refractivity contribution < 1.29 is 0 Å². The van der Waals surface area contributed by atoms with Crippen LogP contribution in [0.25, 0.3) is 0 Å². The van der Waals surface area contributed by atoms with Crippen molar-refractivity contribution >= 4 is 0 Å². The molecule has 102 valence electrons. The molecular weight excluding hydrogens is 208 g/mol. The topological polar surface area (TPSA) is 15.3 Å². The molecule has 1 N–H and O–H groups in total. The van der Waals surface area contributed by atoms with E-state index in [0.29, 0.717) is 5.41 Å². The van der Waals surface area contributed by atoms with E-state index in [-0.39, 0.29) is 0 Å². The second kappa shape index (κ2) is 7.38. The molecule has 2 unspecified atom stereocenters. The Morgan fingerprint density at radius 1 is 1.24 bits per heavy atom. The van der Waals surface area contributed by atoms with E-state index in [1.54, 1.807) is 0 Å². The van der Waals surface area contributed by atoms with Crippen LogP contribution in [0.3, 0.4) is 0 Å². The van der Waals surface area contributed by atoms with E-state index in [9.17, 15) is 0 Å². The molecule has 0 aliphatic carbocycles. The Morgan fingerprint density at radius 2 is 2.00 bits per heavy atom. The molecule has 1 heterocycles. The van der Waals surface area contributed by atoms with E-state index >= 15 is 0 Å². The summed E-state index contributed by atoms with van der Waals surface area (Å²) in [4.78, 5) is 2.70. The summed E-state index contributed by atoms with van der Waals surface area (Å²) in [5, 5.41) is 3.36. The first-order valence-electron chi connectivity index (χ1n) is 7.50. The lowest BCUT2D eigenvalue weighted by Crippen LogP contribution is -2.41. The van der Waals surface area contributed by atoms with E-state index in [4.69, 9.17) is 0 Å². The Morgan fingerprint density at radius 3 is 2.59 bits per heavy atom. The summed E-state index contributed by atoms with van der Waals surface area (Å²) >= 11 is 0. The van der Waals surface area contributed by atoms with Gasteiger partial charge in [-0.05, 0) is 57.2 Å². The van der Waals surface area contributed by atoms with Crippen molar-refractivity contribution in [2.45, 2.75) is 52.9 Å². The smallest absolute Gasteiger partial charge is 0.00474 e.